The van der Waals surface area contributed by atoms with E-state index in [1.165, 1.54) is 6.07 Å². The summed E-state index contributed by atoms with van der Waals surface area (Å²) in [4.78, 5) is 13.4. The number of aromatic nitrogens is 1. The molecule has 144 valence electrons. The number of rotatable bonds is 3. The molecule has 2 atom stereocenters. The normalized spacial score (nSPS) is 21.2. The molecule has 1 aromatic heterocycles. The second kappa shape index (κ2) is 7.13. The average Bonchev–Trinajstić information content (AvgIpc) is 3.18. The number of hydrogen-bond acceptors (Lipinski definition) is 5. The van der Waals surface area contributed by atoms with E-state index in [1.807, 2.05) is 6.07 Å². The van der Waals surface area contributed by atoms with Crippen molar-refractivity contribution in [1.82, 2.24) is 4.57 Å². The van der Waals surface area contributed by atoms with Crippen LogP contribution in [-0.2, 0) is 11.3 Å². The number of pyridine rings is 1. The molecule has 1 fully saturated rings. The molecule has 28 heavy (non-hydrogen) atoms. The molecule has 2 aliphatic rings. The molecule has 2 aliphatic heterocycles. The van der Waals surface area contributed by atoms with Gasteiger partial charge in [-0.3, -0.25) is 4.79 Å². The number of aryl methyl sites for hydroxylation is 1. The third-order valence-electron chi connectivity index (χ3n) is 5.32. The summed E-state index contributed by atoms with van der Waals surface area (Å²) in [5, 5.41) is 9.64. The summed E-state index contributed by atoms with van der Waals surface area (Å²) in [7, 11) is 0. The molecule has 0 bridgehead atoms. The van der Waals surface area contributed by atoms with Crippen LogP contribution in [0.4, 0.5) is 4.39 Å². The Morgan fingerprint density at radius 1 is 1.39 bits per heavy atom. The first-order valence-electron chi connectivity index (χ1n) is 9.19. The summed E-state index contributed by atoms with van der Waals surface area (Å²) in [5.74, 6) is -1.28. The smallest absolute Gasteiger partial charge is 0.258 e. The van der Waals surface area contributed by atoms with E-state index < -0.39 is 11.7 Å². The number of nitriles is 1. The Kier molecular flexibility index (Phi) is 4.65. The quantitative estimate of drug-likeness (QED) is 0.883. The lowest BCUT2D eigenvalue weighted by molar-refractivity contribution is 0.0954. The van der Waals surface area contributed by atoms with Crippen molar-refractivity contribution < 1.29 is 13.9 Å². The fraction of sp³-hybridized carbons (Fsp3) is 0.333. The molecule has 6 nitrogen and oxygen atoms in total. The molecule has 0 spiro atoms. The Balaban J connectivity index is 1.92. The lowest BCUT2D eigenvalue weighted by Gasteiger charge is -2.28. The van der Waals surface area contributed by atoms with Gasteiger partial charge in [-0.05, 0) is 25.8 Å². The monoisotopic (exact) mass is 381 g/mol. The molecule has 0 saturated carbocycles. The highest BCUT2D eigenvalue weighted by Crippen LogP contribution is 2.41. The maximum Gasteiger partial charge on any atom is 0.258 e. The van der Waals surface area contributed by atoms with Crippen molar-refractivity contribution in [2.45, 2.75) is 38.3 Å². The number of allylic oxidation sites excluding steroid dienone is 1. The molecule has 1 aromatic carbocycles. The SMILES string of the molecule is Cc1cc2c(c(=O)n1C[C@H]1CCCO1)[C@@H](c1ccccc1F)C(C#N)=C(N)O2. The average molecular weight is 381 g/mol. The number of benzene rings is 1. The second-order valence-corrected chi connectivity index (χ2v) is 7.06. The number of nitrogens with two attached hydrogens (primary N) is 1. The van der Waals surface area contributed by atoms with E-state index in [1.54, 1.807) is 35.8 Å². The Morgan fingerprint density at radius 3 is 2.86 bits per heavy atom. The van der Waals surface area contributed by atoms with Crippen LogP contribution in [0.25, 0.3) is 0 Å². The van der Waals surface area contributed by atoms with Crippen molar-refractivity contribution in [1.29, 1.82) is 5.26 Å². The van der Waals surface area contributed by atoms with Gasteiger partial charge in [0.1, 0.15) is 23.2 Å². The van der Waals surface area contributed by atoms with E-state index in [4.69, 9.17) is 15.2 Å². The summed E-state index contributed by atoms with van der Waals surface area (Å²) >= 11 is 0. The van der Waals surface area contributed by atoms with Crippen molar-refractivity contribution in [3.05, 3.63) is 74.8 Å². The lowest BCUT2D eigenvalue weighted by Crippen LogP contribution is -2.35. The zero-order chi connectivity index (χ0) is 19.8. The van der Waals surface area contributed by atoms with Crippen LogP contribution < -0.4 is 16.0 Å². The molecule has 2 aromatic rings. The second-order valence-electron chi connectivity index (χ2n) is 7.06. The van der Waals surface area contributed by atoms with Crippen LogP contribution in [0.1, 0.15) is 35.6 Å². The molecule has 3 heterocycles. The molecule has 0 unspecified atom stereocenters. The maximum absolute atomic E-state index is 14.6. The minimum atomic E-state index is -0.918. The van der Waals surface area contributed by atoms with Crippen LogP contribution in [0.5, 0.6) is 5.75 Å². The van der Waals surface area contributed by atoms with E-state index in [2.05, 4.69) is 0 Å². The number of nitrogens with zero attached hydrogens (tertiary/aromatic N) is 2. The van der Waals surface area contributed by atoms with Crippen molar-refractivity contribution in [3.8, 4) is 11.8 Å². The zero-order valence-electron chi connectivity index (χ0n) is 15.4. The van der Waals surface area contributed by atoms with Crippen LogP contribution in [0.3, 0.4) is 0 Å². The van der Waals surface area contributed by atoms with Gasteiger partial charge in [0.2, 0.25) is 5.88 Å². The number of hydrogen-bond donors (Lipinski definition) is 1. The topological polar surface area (TPSA) is 90.3 Å². The molecule has 4 rings (SSSR count). The maximum atomic E-state index is 14.6. The molecule has 1 saturated heterocycles. The Morgan fingerprint density at radius 2 is 2.18 bits per heavy atom. The highest BCUT2D eigenvalue weighted by atomic mass is 19.1. The molecule has 2 N–H and O–H groups in total. The van der Waals surface area contributed by atoms with Crippen molar-refractivity contribution in [3.63, 3.8) is 0 Å². The van der Waals surface area contributed by atoms with Gasteiger partial charge in [0.05, 0.1) is 24.1 Å². The van der Waals surface area contributed by atoms with Crippen LogP contribution >= 0.6 is 0 Å². The minimum Gasteiger partial charge on any atom is -0.440 e. The fourth-order valence-electron chi connectivity index (χ4n) is 3.93. The van der Waals surface area contributed by atoms with Gasteiger partial charge < -0.3 is 19.8 Å². The summed E-state index contributed by atoms with van der Waals surface area (Å²) in [6.45, 7) is 2.89. The zero-order valence-corrected chi connectivity index (χ0v) is 15.4. The lowest BCUT2D eigenvalue weighted by atomic mass is 9.83. The van der Waals surface area contributed by atoms with Crippen molar-refractivity contribution >= 4 is 0 Å². The van der Waals surface area contributed by atoms with Crippen LogP contribution in [0.15, 0.2) is 46.6 Å². The van der Waals surface area contributed by atoms with Crippen LogP contribution in [-0.4, -0.2) is 17.3 Å². The Labute approximate surface area is 161 Å². The van der Waals surface area contributed by atoms with Gasteiger partial charge in [-0.15, -0.1) is 0 Å². The third-order valence-corrected chi connectivity index (χ3v) is 5.32. The van der Waals surface area contributed by atoms with Crippen LogP contribution in [0, 0.1) is 24.1 Å². The first kappa shape index (κ1) is 18.3. The third kappa shape index (κ3) is 2.96. The summed E-state index contributed by atoms with van der Waals surface area (Å²) in [5.41, 5.74) is 6.78. The molecular weight excluding hydrogens is 361 g/mol. The Hall–Kier alpha value is -3.11. The van der Waals surface area contributed by atoms with Gasteiger partial charge in [-0.2, -0.15) is 5.26 Å². The summed E-state index contributed by atoms with van der Waals surface area (Å²) in [6, 6.07) is 9.79. The fourth-order valence-corrected chi connectivity index (χ4v) is 3.93. The van der Waals surface area contributed by atoms with E-state index in [0.29, 0.717) is 18.8 Å². The van der Waals surface area contributed by atoms with Gasteiger partial charge in [0.25, 0.3) is 5.56 Å². The Bertz CT molecular complexity index is 1060. The number of halogens is 1. The standard InChI is InChI=1S/C21H20FN3O3/c1-12-9-17-19(21(26)25(12)11-13-5-4-8-27-13)18(15(10-23)20(24)28-17)14-6-2-3-7-16(14)22/h2-3,6-7,9,13,18H,4-5,8,11,24H2,1H3/t13-,18+/m1/s1. The molecular formula is C21H20FN3O3. The van der Waals surface area contributed by atoms with E-state index in [-0.39, 0.29) is 40.0 Å². The van der Waals surface area contributed by atoms with Gasteiger partial charge in [0.15, 0.2) is 0 Å². The van der Waals surface area contributed by atoms with Crippen molar-refractivity contribution in [2.24, 2.45) is 5.73 Å². The van der Waals surface area contributed by atoms with Gasteiger partial charge >= 0.3 is 0 Å². The first-order chi connectivity index (χ1) is 13.5. The summed E-state index contributed by atoms with van der Waals surface area (Å²) in [6.07, 6.45) is 1.80. The van der Waals surface area contributed by atoms with E-state index >= 15 is 0 Å². The molecule has 0 amide bonds. The predicted octanol–water partition coefficient (Wildman–Crippen LogP) is 2.69. The number of ether oxygens (including phenoxy) is 2. The van der Waals surface area contributed by atoms with Gasteiger partial charge in [-0.25, -0.2) is 4.39 Å². The van der Waals surface area contributed by atoms with Crippen LogP contribution in [0.2, 0.25) is 0 Å². The first-order valence-corrected chi connectivity index (χ1v) is 9.19. The largest absolute Gasteiger partial charge is 0.440 e. The highest BCUT2D eigenvalue weighted by Gasteiger charge is 2.36. The van der Waals surface area contributed by atoms with Gasteiger partial charge in [-0.1, -0.05) is 18.2 Å². The van der Waals surface area contributed by atoms with E-state index in [0.717, 1.165) is 12.8 Å². The van der Waals surface area contributed by atoms with E-state index in [9.17, 15) is 14.4 Å². The summed E-state index contributed by atoms with van der Waals surface area (Å²) < 4.78 is 27.5. The molecule has 7 heteroatoms. The van der Waals surface area contributed by atoms with Crippen molar-refractivity contribution in [2.75, 3.05) is 6.61 Å². The van der Waals surface area contributed by atoms with Gasteiger partial charge in [0, 0.05) is 23.9 Å². The minimum absolute atomic E-state index is 0.0298. The molecule has 0 aliphatic carbocycles. The number of fused-ring (bicyclic) bond motifs is 1. The molecule has 0 radical (unpaired) electrons. The highest BCUT2D eigenvalue weighted by molar-refractivity contribution is 5.55. The predicted molar refractivity (Wildman–Crippen MR) is 100 cm³/mol.